The molecule has 0 aromatic heterocycles. The van der Waals surface area contributed by atoms with Crippen molar-refractivity contribution in [3.8, 4) is 0 Å². The van der Waals surface area contributed by atoms with Gasteiger partial charge in [-0.1, -0.05) is 0 Å². The third kappa shape index (κ3) is 3.29. The fourth-order valence-corrected chi connectivity index (χ4v) is 3.71. The van der Waals surface area contributed by atoms with Crippen molar-refractivity contribution in [1.82, 2.24) is 9.21 Å². The third-order valence-electron chi connectivity index (χ3n) is 4.42. The average molecular weight is 351 g/mol. The van der Waals surface area contributed by atoms with E-state index in [1.807, 2.05) is 0 Å². The molecule has 1 saturated carbocycles. The molecule has 1 unspecified atom stereocenters. The topological polar surface area (TPSA) is 86.8 Å². The summed E-state index contributed by atoms with van der Waals surface area (Å²) in [6.07, 6.45) is 2.30. The second kappa shape index (κ2) is 6.18. The van der Waals surface area contributed by atoms with Crippen molar-refractivity contribution in [2.45, 2.75) is 30.2 Å². The smallest absolute Gasteiger partial charge is 0.242 e. The number of hydrogen-bond donors (Lipinski definition) is 1. The zero-order chi connectivity index (χ0) is 17.5. The molecule has 1 aliphatic carbocycles. The molecule has 2 aliphatic rings. The molecular weight excluding hydrogens is 330 g/mol. The molecule has 1 heterocycles. The lowest BCUT2D eigenvalue weighted by molar-refractivity contribution is -0.128. The average Bonchev–Trinajstić information content (AvgIpc) is 3.30. The van der Waals surface area contributed by atoms with Crippen LogP contribution in [0.1, 0.15) is 19.3 Å². The Morgan fingerprint density at radius 1 is 1.21 bits per heavy atom. The molecule has 1 N–H and O–H groups in total. The van der Waals surface area contributed by atoms with E-state index in [1.54, 1.807) is 17.0 Å². The minimum absolute atomic E-state index is 0.0464. The molecule has 1 aromatic carbocycles. The summed E-state index contributed by atoms with van der Waals surface area (Å²) in [6, 6.07) is 6.36. The van der Waals surface area contributed by atoms with Gasteiger partial charge in [-0.15, -0.1) is 0 Å². The van der Waals surface area contributed by atoms with Gasteiger partial charge in [-0.2, -0.15) is 0 Å². The summed E-state index contributed by atoms with van der Waals surface area (Å²) in [6.45, 7) is 0.475. The standard InChI is InChI=1S/C16H21N3O4S/c1-18(2)24(22,23)14-7-3-12(4-8-14)17-16(21)11-9-15(20)19(10-11)13-5-6-13/h3-4,7-8,11,13H,5-6,9-10H2,1-2H3,(H,17,21). The highest BCUT2D eigenvalue weighted by Gasteiger charge is 2.41. The number of anilines is 1. The van der Waals surface area contributed by atoms with Crippen LogP contribution in [0, 0.1) is 5.92 Å². The summed E-state index contributed by atoms with van der Waals surface area (Å²) < 4.78 is 25.2. The molecule has 1 saturated heterocycles. The summed E-state index contributed by atoms with van der Waals surface area (Å²) in [7, 11) is -0.554. The summed E-state index contributed by atoms with van der Waals surface area (Å²) in [5, 5.41) is 2.77. The Morgan fingerprint density at radius 3 is 2.38 bits per heavy atom. The number of hydrogen-bond acceptors (Lipinski definition) is 4. The first kappa shape index (κ1) is 16.9. The van der Waals surface area contributed by atoms with E-state index in [4.69, 9.17) is 0 Å². The van der Waals surface area contributed by atoms with Crippen molar-refractivity contribution < 1.29 is 18.0 Å². The van der Waals surface area contributed by atoms with Gasteiger partial charge in [0, 0.05) is 38.8 Å². The van der Waals surface area contributed by atoms with E-state index < -0.39 is 10.0 Å². The van der Waals surface area contributed by atoms with Gasteiger partial charge in [0.1, 0.15) is 0 Å². The molecule has 0 radical (unpaired) electrons. The number of nitrogens with one attached hydrogen (secondary N) is 1. The fraction of sp³-hybridized carbons (Fsp3) is 0.500. The Labute approximate surface area is 141 Å². The summed E-state index contributed by atoms with van der Waals surface area (Å²) in [4.78, 5) is 26.2. The van der Waals surface area contributed by atoms with Gasteiger partial charge in [0.15, 0.2) is 0 Å². The highest BCUT2D eigenvalue weighted by molar-refractivity contribution is 7.89. The minimum Gasteiger partial charge on any atom is -0.339 e. The Kier molecular flexibility index (Phi) is 4.35. The van der Waals surface area contributed by atoms with E-state index in [2.05, 4.69) is 5.32 Å². The van der Waals surface area contributed by atoms with Gasteiger partial charge in [-0.05, 0) is 37.1 Å². The molecule has 8 heteroatoms. The van der Waals surface area contributed by atoms with Crippen molar-refractivity contribution in [2.75, 3.05) is 26.0 Å². The molecule has 0 spiro atoms. The van der Waals surface area contributed by atoms with Crippen LogP contribution in [0.25, 0.3) is 0 Å². The molecule has 2 amide bonds. The van der Waals surface area contributed by atoms with E-state index >= 15 is 0 Å². The van der Waals surface area contributed by atoms with Crippen molar-refractivity contribution >= 4 is 27.5 Å². The van der Waals surface area contributed by atoms with E-state index in [9.17, 15) is 18.0 Å². The second-order valence-electron chi connectivity index (χ2n) is 6.48. The van der Waals surface area contributed by atoms with Crippen LogP contribution in [0.15, 0.2) is 29.2 Å². The first-order chi connectivity index (χ1) is 11.3. The maximum absolute atomic E-state index is 12.3. The van der Waals surface area contributed by atoms with Crippen molar-refractivity contribution in [2.24, 2.45) is 5.92 Å². The van der Waals surface area contributed by atoms with Gasteiger partial charge in [0.25, 0.3) is 0 Å². The van der Waals surface area contributed by atoms with Gasteiger partial charge in [0.05, 0.1) is 10.8 Å². The molecule has 7 nitrogen and oxygen atoms in total. The van der Waals surface area contributed by atoms with Crippen molar-refractivity contribution in [3.63, 3.8) is 0 Å². The van der Waals surface area contributed by atoms with Gasteiger partial charge in [-0.3, -0.25) is 9.59 Å². The van der Waals surface area contributed by atoms with Crippen LogP contribution in [0.5, 0.6) is 0 Å². The van der Waals surface area contributed by atoms with Gasteiger partial charge < -0.3 is 10.2 Å². The van der Waals surface area contributed by atoms with E-state index in [0.29, 0.717) is 18.3 Å². The van der Waals surface area contributed by atoms with Crippen LogP contribution >= 0.6 is 0 Å². The lowest BCUT2D eigenvalue weighted by Crippen LogP contribution is -2.29. The predicted octanol–water partition coefficient (Wildman–Crippen LogP) is 0.886. The Hall–Kier alpha value is -1.93. The van der Waals surface area contributed by atoms with Crippen LogP contribution < -0.4 is 5.32 Å². The van der Waals surface area contributed by atoms with Crippen molar-refractivity contribution in [3.05, 3.63) is 24.3 Å². The summed E-state index contributed by atoms with van der Waals surface area (Å²) in [5.74, 6) is -0.497. The highest BCUT2D eigenvalue weighted by atomic mass is 32.2. The molecular formula is C16H21N3O4S. The minimum atomic E-state index is -3.49. The maximum atomic E-state index is 12.3. The maximum Gasteiger partial charge on any atom is 0.242 e. The molecule has 1 aromatic rings. The predicted molar refractivity (Wildman–Crippen MR) is 88.8 cm³/mol. The first-order valence-electron chi connectivity index (χ1n) is 7.92. The Bertz CT molecular complexity index is 754. The fourth-order valence-electron chi connectivity index (χ4n) is 2.81. The monoisotopic (exact) mass is 351 g/mol. The SMILES string of the molecule is CN(C)S(=O)(=O)c1ccc(NC(=O)C2CC(=O)N(C3CC3)C2)cc1. The molecule has 24 heavy (non-hydrogen) atoms. The number of carbonyl (C=O) groups is 2. The number of amides is 2. The largest absolute Gasteiger partial charge is 0.339 e. The van der Waals surface area contributed by atoms with Crippen LogP contribution in [-0.2, 0) is 19.6 Å². The van der Waals surface area contributed by atoms with Crippen LogP contribution in [0.3, 0.4) is 0 Å². The van der Waals surface area contributed by atoms with Gasteiger partial charge in [-0.25, -0.2) is 12.7 Å². The van der Waals surface area contributed by atoms with Crippen LogP contribution in [0.2, 0.25) is 0 Å². The second-order valence-corrected chi connectivity index (χ2v) is 8.63. The quantitative estimate of drug-likeness (QED) is 0.853. The third-order valence-corrected chi connectivity index (χ3v) is 6.25. The lowest BCUT2D eigenvalue weighted by atomic mass is 10.1. The lowest BCUT2D eigenvalue weighted by Gasteiger charge is -2.15. The molecule has 1 aliphatic heterocycles. The van der Waals surface area contributed by atoms with E-state index in [0.717, 1.165) is 17.1 Å². The van der Waals surface area contributed by atoms with Crippen LogP contribution in [0.4, 0.5) is 5.69 Å². The normalized spacial score (nSPS) is 21.4. The van der Waals surface area contributed by atoms with Crippen LogP contribution in [-0.4, -0.2) is 56.1 Å². The molecule has 3 rings (SSSR count). The number of nitrogens with zero attached hydrogens (tertiary/aromatic N) is 2. The van der Waals surface area contributed by atoms with E-state index in [-0.39, 0.29) is 29.0 Å². The molecule has 130 valence electrons. The molecule has 1 atom stereocenters. The zero-order valence-corrected chi connectivity index (χ0v) is 14.5. The number of carbonyl (C=O) groups excluding carboxylic acids is 2. The van der Waals surface area contributed by atoms with E-state index in [1.165, 1.54) is 26.2 Å². The number of benzene rings is 1. The molecule has 2 fully saturated rings. The summed E-state index contributed by atoms with van der Waals surface area (Å²) >= 11 is 0. The Balaban J connectivity index is 1.64. The number of rotatable bonds is 5. The molecule has 0 bridgehead atoms. The highest BCUT2D eigenvalue weighted by Crippen LogP contribution is 2.33. The first-order valence-corrected chi connectivity index (χ1v) is 9.36. The zero-order valence-electron chi connectivity index (χ0n) is 13.7. The Morgan fingerprint density at radius 2 is 1.83 bits per heavy atom. The van der Waals surface area contributed by atoms with Gasteiger partial charge >= 0.3 is 0 Å². The van der Waals surface area contributed by atoms with Gasteiger partial charge in [0.2, 0.25) is 21.8 Å². The van der Waals surface area contributed by atoms with Crippen molar-refractivity contribution in [1.29, 1.82) is 0 Å². The number of sulfonamides is 1. The summed E-state index contributed by atoms with van der Waals surface area (Å²) in [5.41, 5.74) is 0.523. The number of likely N-dealkylation sites (tertiary alicyclic amines) is 1.